The number of carbonyl (C=O) groups is 1. The van der Waals surface area contributed by atoms with Gasteiger partial charge < -0.3 is 9.73 Å². The number of rotatable bonds is 6. The average molecular weight is 369 g/mol. The number of para-hydroxylation sites is 1. The number of carbonyl (C=O) groups excluding carboxylic acids is 1. The number of thioether (sulfide) groups is 1. The van der Waals surface area contributed by atoms with Gasteiger partial charge in [0.15, 0.2) is 0 Å². The van der Waals surface area contributed by atoms with E-state index in [1.807, 2.05) is 0 Å². The summed E-state index contributed by atoms with van der Waals surface area (Å²) in [6.45, 7) is 0. The number of nitrogens with one attached hydrogen (secondary N) is 1. The molecule has 2 rings (SSSR count). The van der Waals surface area contributed by atoms with E-state index in [2.05, 4.69) is 5.32 Å². The standard InChI is InChI=1S/C16H11ClF2N2O2S/c17-13-3-1-2-4-14(13)21-15(22)10(8-20)7-11-5-6-12(23-11)9-24-16(18)19/h1-7,16H,9H2,(H,21,22)/b10-7+. The number of furan rings is 1. The first-order chi connectivity index (χ1) is 11.5. The molecule has 0 bridgehead atoms. The molecule has 1 heterocycles. The van der Waals surface area contributed by atoms with Crippen LogP contribution < -0.4 is 5.32 Å². The van der Waals surface area contributed by atoms with Crippen LogP contribution in [-0.4, -0.2) is 11.7 Å². The summed E-state index contributed by atoms with van der Waals surface area (Å²) < 4.78 is 29.6. The average Bonchev–Trinajstić information content (AvgIpc) is 3.00. The van der Waals surface area contributed by atoms with Crippen LogP contribution in [0, 0.1) is 11.3 Å². The number of halogens is 3. The van der Waals surface area contributed by atoms with Crippen molar-refractivity contribution in [2.75, 3.05) is 5.32 Å². The third-order valence-corrected chi connectivity index (χ3v) is 3.84. The molecular weight excluding hydrogens is 358 g/mol. The van der Waals surface area contributed by atoms with E-state index < -0.39 is 11.7 Å². The van der Waals surface area contributed by atoms with Crippen molar-refractivity contribution in [3.8, 4) is 6.07 Å². The molecular formula is C16H11ClF2N2O2S. The lowest BCUT2D eigenvalue weighted by molar-refractivity contribution is -0.112. The van der Waals surface area contributed by atoms with Gasteiger partial charge in [0.2, 0.25) is 0 Å². The normalized spacial score (nSPS) is 11.4. The monoisotopic (exact) mass is 368 g/mol. The maximum atomic E-state index is 12.1. The predicted octanol–water partition coefficient (Wildman–Crippen LogP) is 4.93. The Bertz CT molecular complexity index is 799. The van der Waals surface area contributed by atoms with Crippen molar-refractivity contribution in [2.45, 2.75) is 11.5 Å². The van der Waals surface area contributed by atoms with Gasteiger partial charge in [-0.3, -0.25) is 4.79 Å². The number of nitrogens with zero attached hydrogens (tertiary/aromatic N) is 1. The Morgan fingerprint density at radius 1 is 1.38 bits per heavy atom. The van der Waals surface area contributed by atoms with Crippen LogP contribution in [0.2, 0.25) is 5.02 Å². The molecule has 0 radical (unpaired) electrons. The minimum Gasteiger partial charge on any atom is -0.461 e. The zero-order valence-electron chi connectivity index (χ0n) is 12.1. The van der Waals surface area contributed by atoms with Gasteiger partial charge >= 0.3 is 0 Å². The van der Waals surface area contributed by atoms with Crippen molar-refractivity contribution in [1.82, 2.24) is 0 Å². The SMILES string of the molecule is N#C/C(=C\c1ccc(CSC(F)F)o1)C(=O)Nc1ccccc1Cl. The molecule has 1 amide bonds. The lowest BCUT2D eigenvalue weighted by Crippen LogP contribution is -2.13. The summed E-state index contributed by atoms with van der Waals surface area (Å²) in [5, 5.41) is 12.0. The first-order valence-corrected chi connectivity index (χ1v) is 8.08. The van der Waals surface area contributed by atoms with E-state index in [-0.39, 0.29) is 17.1 Å². The van der Waals surface area contributed by atoms with Crippen molar-refractivity contribution < 1.29 is 18.0 Å². The van der Waals surface area contributed by atoms with Gasteiger partial charge in [-0.05, 0) is 24.3 Å². The van der Waals surface area contributed by atoms with Gasteiger partial charge in [-0.2, -0.15) is 14.0 Å². The van der Waals surface area contributed by atoms with E-state index in [0.717, 1.165) is 0 Å². The van der Waals surface area contributed by atoms with Crippen molar-refractivity contribution in [1.29, 1.82) is 5.26 Å². The topological polar surface area (TPSA) is 66.0 Å². The van der Waals surface area contributed by atoms with Crippen molar-refractivity contribution in [2.24, 2.45) is 0 Å². The summed E-state index contributed by atoms with van der Waals surface area (Å²) in [5.74, 6) is -2.59. The summed E-state index contributed by atoms with van der Waals surface area (Å²) in [6.07, 6.45) is 1.24. The molecule has 24 heavy (non-hydrogen) atoms. The molecule has 8 heteroatoms. The minimum absolute atomic E-state index is 0.000780. The highest BCUT2D eigenvalue weighted by molar-refractivity contribution is 7.98. The van der Waals surface area contributed by atoms with Crippen LogP contribution in [0.15, 0.2) is 46.4 Å². The van der Waals surface area contributed by atoms with Crippen LogP contribution in [0.3, 0.4) is 0 Å². The largest absolute Gasteiger partial charge is 0.461 e. The first kappa shape index (κ1) is 18.0. The van der Waals surface area contributed by atoms with Gasteiger partial charge in [0.1, 0.15) is 23.2 Å². The maximum Gasteiger partial charge on any atom is 0.284 e. The van der Waals surface area contributed by atoms with Crippen LogP contribution in [0.5, 0.6) is 0 Å². The molecule has 0 aliphatic rings. The molecule has 0 aliphatic carbocycles. The van der Waals surface area contributed by atoms with E-state index in [1.165, 1.54) is 18.2 Å². The molecule has 0 saturated heterocycles. The Morgan fingerprint density at radius 2 is 2.12 bits per heavy atom. The second-order valence-electron chi connectivity index (χ2n) is 4.48. The molecule has 1 aromatic carbocycles. The number of nitriles is 1. The summed E-state index contributed by atoms with van der Waals surface area (Å²) in [4.78, 5) is 12.1. The van der Waals surface area contributed by atoms with E-state index in [1.54, 1.807) is 30.3 Å². The highest BCUT2D eigenvalue weighted by Crippen LogP contribution is 2.23. The van der Waals surface area contributed by atoms with Crippen LogP contribution in [0.4, 0.5) is 14.5 Å². The van der Waals surface area contributed by atoms with E-state index in [9.17, 15) is 13.6 Å². The molecule has 1 aromatic heterocycles. The molecule has 1 N–H and O–H groups in total. The number of amides is 1. The fraction of sp³-hybridized carbons (Fsp3) is 0.125. The molecule has 0 unspecified atom stereocenters. The van der Waals surface area contributed by atoms with Crippen molar-refractivity contribution in [3.63, 3.8) is 0 Å². The third kappa shape index (κ3) is 5.11. The summed E-state index contributed by atoms with van der Waals surface area (Å²) in [6, 6.07) is 11.4. The summed E-state index contributed by atoms with van der Waals surface area (Å²) in [7, 11) is 0. The summed E-state index contributed by atoms with van der Waals surface area (Å²) >= 11 is 6.37. The molecule has 0 atom stereocenters. The van der Waals surface area contributed by atoms with Crippen molar-refractivity contribution >= 4 is 41.0 Å². The number of hydrogen-bond donors (Lipinski definition) is 1. The zero-order valence-corrected chi connectivity index (χ0v) is 13.7. The molecule has 124 valence electrons. The third-order valence-electron chi connectivity index (χ3n) is 2.81. The van der Waals surface area contributed by atoms with Gasteiger partial charge in [0.25, 0.3) is 11.7 Å². The molecule has 0 saturated carbocycles. The van der Waals surface area contributed by atoms with E-state index >= 15 is 0 Å². The second-order valence-corrected chi connectivity index (χ2v) is 5.87. The molecule has 4 nitrogen and oxygen atoms in total. The Kier molecular flexibility index (Phi) is 6.41. The lowest BCUT2D eigenvalue weighted by Gasteiger charge is -2.05. The highest BCUT2D eigenvalue weighted by atomic mass is 35.5. The smallest absolute Gasteiger partial charge is 0.284 e. The van der Waals surface area contributed by atoms with Crippen molar-refractivity contribution in [3.05, 3.63) is 58.5 Å². The van der Waals surface area contributed by atoms with Crippen LogP contribution in [-0.2, 0) is 10.5 Å². The van der Waals surface area contributed by atoms with Crippen LogP contribution in [0.25, 0.3) is 6.08 Å². The number of anilines is 1. The van der Waals surface area contributed by atoms with Gasteiger partial charge in [-0.1, -0.05) is 35.5 Å². The first-order valence-electron chi connectivity index (χ1n) is 6.65. The number of benzene rings is 1. The molecule has 0 fully saturated rings. The van der Waals surface area contributed by atoms with E-state index in [4.69, 9.17) is 21.3 Å². The fourth-order valence-electron chi connectivity index (χ4n) is 1.74. The Morgan fingerprint density at radius 3 is 2.79 bits per heavy atom. The quantitative estimate of drug-likeness (QED) is 0.579. The summed E-state index contributed by atoms with van der Waals surface area (Å²) in [5.41, 5.74) is 0.177. The second kappa shape index (κ2) is 8.52. The van der Waals surface area contributed by atoms with Gasteiger partial charge in [0.05, 0.1) is 16.5 Å². The highest BCUT2D eigenvalue weighted by Gasteiger charge is 2.13. The van der Waals surface area contributed by atoms with Gasteiger partial charge in [-0.15, -0.1) is 0 Å². The molecule has 0 spiro atoms. The molecule has 2 aromatic rings. The Hall–Kier alpha value is -2.30. The Labute approximate surface area is 146 Å². The van der Waals surface area contributed by atoms with E-state index in [0.29, 0.717) is 28.2 Å². The van der Waals surface area contributed by atoms with Gasteiger partial charge in [-0.25, -0.2) is 0 Å². The Balaban J connectivity index is 2.10. The molecule has 0 aliphatic heterocycles. The minimum atomic E-state index is -2.50. The van der Waals surface area contributed by atoms with Gasteiger partial charge in [0, 0.05) is 6.08 Å². The van der Waals surface area contributed by atoms with Crippen LogP contribution >= 0.6 is 23.4 Å². The van der Waals surface area contributed by atoms with Crippen LogP contribution in [0.1, 0.15) is 11.5 Å². The number of alkyl halides is 2. The lowest BCUT2D eigenvalue weighted by atomic mass is 10.2. The predicted molar refractivity (Wildman–Crippen MR) is 89.7 cm³/mol. The number of hydrogen-bond acceptors (Lipinski definition) is 4. The zero-order chi connectivity index (χ0) is 17.5. The fourth-order valence-corrected chi connectivity index (χ4v) is 2.37. The maximum absolute atomic E-state index is 12.1.